The number of nitrogens with one attached hydrogen (secondary N) is 1. The number of rotatable bonds is 1. The number of aromatic amines is 1. The average molecular weight is 234 g/mol. The van der Waals surface area contributed by atoms with Crippen molar-refractivity contribution in [2.45, 2.75) is 12.5 Å². The molecule has 7 heteroatoms. The van der Waals surface area contributed by atoms with Crippen LogP contribution in [-0.2, 0) is 4.74 Å². The van der Waals surface area contributed by atoms with Crippen molar-refractivity contribution >= 4 is 11.2 Å². The second-order valence-electron chi connectivity index (χ2n) is 3.88. The van der Waals surface area contributed by atoms with E-state index in [1.807, 2.05) is 0 Å². The van der Waals surface area contributed by atoms with Gasteiger partial charge < -0.3 is 4.74 Å². The molecule has 88 valence electrons. The van der Waals surface area contributed by atoms with E-state index in [1.54, 1.807) is 0 Å². The van der Waals surface area contributed by atoms with E-state index >= 15 is 0 Å². The van der Waals surface area contributed by atoms with Crippen LogP contribution in [0, 0.1) is 0 Å². The molecule has 1 unspecified atom stereocenters. The van der Waals surface area contributed by atoms with Gasteiger partial charge >= 0.3 is 5.69 Å². The van der Waals surface area contributed by atoms with Crippen LogP contribution in [0.25, 0.3) is 11.2 Å². The highest BCUT2D eigenvalue weighted by Crippen LogP contribution is 2.18. The molecule has 2 aromatic rings. The molecule has 0 aromatic carbocycles. The van der Waals surface area contributed by atoms with Crippen molar-refractivity contribution in [2.24, 2.45) is 0 Å². The minimum Gasteiger partial charge on any atom is -0.379 e. The van der Waals surface area contributed by atoms with Crippen molar-refractivity contribution in [1.82, 2.24) is 19.5 Å². The summed E-state index contributed by atoms with van der Waals surface area (Å²) in [7, 11) is 0. The smallest absolute Gasteiger partial charge is 0.330 e. The summed E-state index contributed by atoms with van der Waals surface area (Å²) < 4.78 is 6.70. The number of H-pyrrole nitrogens is 1. The molecule has 17 heavy (non-hydrogen) atoms. The Kier molecular flexibility index (Phi) is 2.25. The Labute approximate surface area is 95.1 Å². The number of fused-ring (bicyclic) bond motifs is 1. The highest BCUT2D eigenvalue weighted by atomic mass is 16.5. The highest BCUT2D eigenvalue weighted by Gasteiger charge is 2.22. The maximum atomic E-state index is 11.8. The Bertz CT molecular complexity index is 669. The van der Waals surface area contributed by atoms with E-state index in [2.05, 4.69) is 15.0 Å². The molecule has 0 bridgehead atoms. The predicted molar refractivity (Wildman–Crippen MR) is 58.9 cm³/mol. The standard InChI is InChI=1S/C10H10N4O3/c15-9-7-8(12-3-2-11-7)14(10(16)13-9)6-1-4-17-5-6/h2-3,6H,1,4-5H2,(H,13,15,16). The lowest BCUT2D eigenvalue weighted by Crippen LogP contribution is -2.34. The first-order chi connectivity index (χ1) is 8.27. The van der Waals surface area contributed by atoms with E-state index in [9.17, 15) is 9.59 Å². The number of hydrogen-bond donors (Lipinski definition) is 1. The Balaban J connectivity index is 2.36. The molecule has 1 aliphatic heterocycles. The van der Waals surface area contributed by atoms with E-state index in [1.165, 1.54) is 17.0 Å². The van der Waals surface area contributed by atoms with E-state index in [-0.39, 0.29) is 11.6 Å². The fourth-order valence-corrected chi connectivity index (χ4v) is 2.04. The molecule has 0 radical (unpaired) electrons. The molecule has 0 aliphatic carbocycles. The second-order valence-corrected chi connectivity index (χ2v) is 3.88. The van der Waals surface area contributed by atoms with Gasteiger partial charge in [-0.3, -0.25) is 14.3 Å². The average Bonchev–Trinajstić information content (AvgIpc) is 2.83. The molecule has 0 saturated carbocycles. The zero-order chi connectivity index (χ0) is 11.8. The summed E-state index contributed by atoms with van der Waals surface area (Å²) in [5, 5.41) is 0. The van der Waals surface area contributed by atoms with E-state index in [4.69, 9.17) is 4.74 Å². The first kappa shape index (κ1) is 10.2. The van der Waals surface area contributed by atoms with Gasteiger partial charge in [0.1, 0.15) is 0 Å². The first-order valence-corrected chi connectivity index (χ1v) is 5.30. The molecule has 0 spiro atoms. The molecule has 1 N–H and O–H groups in total. The third-order valence-electron chi connectivity index (χ3n) is 2.83. The van der Waals surface area contributed by atoms with Gasteiger partial charge in [-0.25, -0.2) is 14.8 Å². The highest BCUT2D eigenvalue weighted by molar-refractivity contribution is 5.67. The summed E-state index contributed by atoms with van der Waals surface area (Å²) in [6.07, 6.45) is 3.63. The SMILES string of the molecule is O=c1[nH]c(=O)n(C2CCOC2)c2nccnc12. The quantitative estimate of drug-likeness (QED) is 0.714. The van der Waals surface area contributed by atoms with Gasteiger partial charge in [0.2, 0.25) is 0 Å². The van der Waals surface area contributed by atoms with Crippen molar-refractivity contribution in [3.63, 3.8) is 0 Å². The summed E-state index contributed by atoms with van der Waals surface area (Å²) in [5.74, 6) is 0. The minimum atomic E-state index is -0.506. The molecule has 1 fully saturated rings. The van der Waals surface area contributed by atoms with Crippen LogP contribution in [0.5, 0.6) is 0 Å². The van der Waals surface area contributed by atoms with Gasteiger partial charge in [0, 0.05) is 19.0 Å². The van der Waals surface area contributed by atoms with Gasteiger partial charge in [0.25, 0.3) is 5.56 Å². The van der Waals surface area contributed by atoms with Crippen LogP contribution in [0.1, 0.15) is 12.5 Å². The van der Waals surface area contributed by atoms with Crippen LogP contribution in [0.15, 0.2) is 22.0 Å². The molecule has 2 aromatic heterocycles. The van der Waals surface area contributed by atoms with Gasteiger partial charge in [-0.2, -0.15) is 0 Å². The van der Waals surface area contributed by atoms with Gasteiger partial charge in [-0.1, -0.05) is 0 Å². The second kappa shape index (κ2) is 3.77. The molecule has 1 aliphatic rings. The van der Waals surface area contributed by atoms with Crippen molar-refractivity contribution in [3.05, 3.63) is 33.2 Å². The van der Waals surface area contributed by atoms with Gasteiger partial charge in [0.15, 0.2) is 11.2 Å². The molecule has 3 rings (SSSR count). The lowest BCUT2D eigenvalue weighted by Gasteiger charge is -2.12. The maximum absolute atomic E-state index is 11.8. The lowest BCUT2D eigenvalue weighted by molar-refractivity contribution is 0.186. The predicted octanol–water partition coefficient (Wildman–Crippen LogP) is -0.559. The third kappa shape index (κ3) is 1.55. The van der Waals surface area contributed by atoms with Crippen LogP contribution >= 0.6 is 0 Å². The minimum absolute atomic E-state index is 0.0847. The molecule has 3 heterocycles. The topological polar surface area (TPSA) is 89.9 Å². The van der Waals surface area contributed by atoms with Crippen LogP contribution in [0.2, 0.25) is 0 Å². The summed E-state index contributed by atoms with van der Waals surface area (Å²) in [4.78, 5) is 33.7. The fraction of sp³-hybridized carbons (Fsp3) is 0.400. The molecule has 7 nitrogen and oxygen atoms in total. The third-order valence-corrected chi connectivity index (χ3v) is 2.83. The van der Waals surface area contributed by atoms with Crippen molar-refractivity contribution < 1.29 is 4.74 Å². The van der Waals surface area contributed by atoms with Crippen molar-refractivity contribution in [1.29, 1.82) is 0 Å². The van der Waals surface area contributed by atoms with Crippen molar-refractivity contribution in [2.75, 3.05) is 13.2 Å². The summed E-state index contributed by atoms with van der Waals surface area (Å²) in [6.45, 7) is 1.07. The number of aromatic nitrogens is 4. The Hall–Kier alpha value is -2.02. The van der Waals surface area contributed by atoms with Crippen LogP contribution in [0.3, 0.4) is 0 Å². The van der Waals surface area contributed by atoms with Gasteiger partial charge in [0.05, 0.1) is 12.6 Å². The van der Waals surface area contributed by atoms with Crippen LogP contribution in [0.4, 0.5) is 0 Å². The summed E-state index contributed by atoms with van der Waals surface area (Å²) in [6, 6.07) is -0.0847. The fourth-order valence-electron chi connectivity index (χ4n) is 2.04. The Morgan fingerprint density at radius 3 is 2.94 bits per heavy atom. The molecule has 1 saturated heterocycles. The Morgan fingerprint density at radius 1 is 1.35 bits per heavy atom. The zero-order valence-electron chi connectivity index (χ0n) is 8.92. The van der Waals surface area contributed by atoms with Crippen LogP contribution < -0.4 is 11.2 Å². The number of hydrogen-bond acceptors (Lipinski definition) is 5. The Morgan fingerprint density at radius 2 is 2.18 bits per heavy atom. The molecule has 0 amide bonds. The maximum Gasteiger partial charge on any atom is 0.330 e. The first-order valence-electron chi connectivity index (χ1n) is 5.30. The van der Waals surface area contributed by atoms with Gasteiger partial charge in [-0.05, 0) is 6.42 Å². The van der Waals surface area contributed by atoms with E-state index in [0.29, 0.717) is 18.9 Å². The molecule has 1 atom stereocenters. The largest absolute Gasteiger partial charge is 0.379 e. The summed E-state index contributed by atoms with van der Waals surface area (Å²) >= 11 is 0. The monoisotopic (exact) mass is 234 g/mol. The van der Waals surface area contributed by atoms with Crippen LogP contribution in [-0.4, -0.2) is 32.7 Å². The van der Waals surface area contributed by atoms with Gasteiger partial charge in [-0.15, -0.1) is 0 Å². The lowest BCUT2D eigenvalue weighted by atomic mass is 10.2. The normalized spacial score (nSPS) is 19.9. The number of nitrogens with zero attached hydrogens (tertiary/aromatic N) is 3. The van der Waals surface area contributed by atoms with Crippen molar-refractivity contribution in [3.8, 4) is 0 Å². The summed E-state index contributed by atoms with van der Waals surface area (Å²) in [5.41, 5.74) is -0.470. The van der Waals surface area contributed by atoms with E-state index < -0.39 is 11.2 Å². The number of ether oxygens (including phenoxy) is 1. The molecular weight excluding hydrogens is 224 g/mol. The van der Waals surface area contributed by atoms with E-state index in [0.717, 1.165) is 6.42 Å². The zero-order valence-corrected chi connectivity index (χ0v) is 8.92. The molecular formula is C10H10N4O3.